The molecule has 2 nitrogen and oxygen atoms in total. The molecule has 3 heteroatoms. The molecule has 1 aliphatic rings. The van der Waals surface area contributed by atoms with Crippen LogP contribution in [0.3, 0.4) is 0 Å². The molecule has 1 aliphatic carbocycles. The van der Waals surface area contributed by atoms with Crippen molar-refractivity contribution in [2.24, 2.45) is 5.92 Å². The summed E-state index contributed by atoms with van der Waals surface area (Å²) in [7, 11) is -0.712. The maximum Gasteiger partial charge on any atom is 0.0436 e. The summed E-state index contributed by atoms with van der Waals surface area (Å²) in [5, 5.41) is 3.50. The van der Waals surface area contributed by atoms with Crippen molar-refractivity contribution >= 4 is 10.8 Å². The molecule has 1 fully saturated rings. The van der Waals surface area contributed by atoms with Crippen LogP contribution < -0.4 is 5.32 Å². The van der Waals surface area contributed by atoms with E-state index in [1.807, 2.05) is 0 Å². The first-order chi connectivity index (χ1) is 10.2. The molecule has 2 atom stereocenters. The monoisotopic (exact) mass is 307 g/mol. The van der Waals surface area contributed by atoms with Gasteiger partial charge in [0.25, 0.3) is 0 Å². The van der Waals surface area contributed by atoms with Gasteiger partial charge in [0.2, 0.25) is 0 Å². The zero-order valence-electron chi connectivity index (χ0n) is 13.4. The zero-order valence-corrected chi connectivity index (χ0v) is 14.3. The Kier molecular flexibility index (Phi) is 6.91. The fraction of sp³-hybridized carbons (Fsp3) is 0.667. The van der Waals surface area contributed by atoms with Crippen molar-refractivity contribution in [3.05, 3.63) is 35.4 Å². The van der Waals surface area contributed by atoms with Crippen LogP contribution in [0.25, 0.3) is 0 Å². The van der Waals surface area contributed by atoms with Crippen molar-refractivity contribution in [1.82, 2.24) is 5.32 Å². The van der Waals surface area contributed by atoms with E-state index in [9.17, 15) is 4.21 Å². The Hall–Kier alpha value is -0.670. The first-order valence-electron chi connectivity index (χ1n) is 8.40. The summed E-state index contributed by atoms with van der Waals surface area (Å²) >= 11 is 0. The Morgan fingerprint density at radius 3 is 2.43 bits per heavy atom. The van der Waals surface area contributed by atoms with Crippen LogP contribution in [0.1, 0.15) is 56.7 Å². The maximum atomic E-state index is 12.5. The molecule has 2 rings (SSSR count). The molecule has 1 aromatic rings. The van der Waals surface area contributed by atoms with Gasteiger partial charge in [0, 0.05) is 28.3 Å². The van der Waals surface area contributed by atoms with Gasteiger partial charge in [0.15, 0.2) is 0 Å². The average Bonchev–Trinajstić information content (AvgIpc) is 3.00. The highest BCUT2D eigenvalue weighted by atomic mass is 32.2. The summed E-state index contributed by atoms with van der Waals surface area (Å²) in [6.45, 7) is 5.21. The van der Waals surface area contributed by atoms with Crippen LogP contribution >= 0.6 is 0 Å². The number of benzene rings is 1. The SMILES string of the molecule is CCNC(CS(=O)CC1CCCC1)c1ccc(CC)cc1. The fourth-order valence-corrected chi connectivity index (χ4v) is 4.88. The first-order valence-corrected chi connectivity index (χ1v) is 9.89. The second-order valence-electron chi connectivity index (χ2n) is 6.13. The standard InChI is InChI=1S/C18H29NOS/c1-3-15-9-11-17(12-10-15)18(19-4-2)14-21(20)13-16-7-5-6-8-16/h9-12,16,18-19H,3-8,13-14H2,1-2H3. The van der Waals surface area contributed by atoms with Gasteiger partial charge in [-0.25, -0.2) is 0 Å². The predicted molar refractivity (Wildman–Crippen MR) is 92.1 cm³/mol. The molecular weight excluding hydrogens is 278 g/mol. The van der Waals surface area contributed by atoms with Crippen LogP contribution in [0.5, 0.6) is 0 Å². The molecular formula is C18H29NOS. The van der Waals surface area contributed by atoms with Crippen molar-refractivity contribution in [3.8, 4) is 0 Å². The van der Waals surface area contributed by atoms with Crippen LogP contribution in [-0.2, 0) is 17.2 Å². The minimum absolute atomic E-state index is 0.225. The Labute approximate surface area is 132 Å². The summed E-state index contributed by atoms with van der Waals surface area (Å²) in [4.78, 5) is 0. The molecule has 0 aromatic heterocycles. The van der Waals surface area contributed by atoms with E-state index in [0.29, 0.717) is 5.92 Å². The summed E-state index contributed by atoms with van der Waals surface area (Å²) in [6.07, 6.45) is 6.29. The lowest BCUT2D eigenvalue weighted by molar-refractivity contribution is 0.579. The molecule has 0 radical (unpaired) electrons. The number of aryl methyl sites for hydroxylation is 1. The van der Waals surface area contributed by atoms with Crippen LogP contribution in [0.15, 0.2) is 24.3 Å². The van der Waals surface area contributed by atoms with Crippen LogP contribution in [-0.4, -0.2) is 22.3 Å². The molecule has 0 amide bonds. The smallest absolute Gasteiger partial charge is 0.0436 e. The van der Waals surface area contributed by atoms with Gasteiger partial charge in [-0.2, -0.15) is 0 Å². The van der Waals surface area contributed by atoms with Crippen molar-refractivity contribution in [3.63, 3.8) is 0 Å². The molecule has 0 bridgehead atoms. The number of hydrogen-bond donors (Lipinski definition) is 1. The Morgan fingerprint density at radius 1 is 1.19 bits per heavy atom. The van der Waals surface area contributed by atoms with Gasteiger partial charge >= 0.3 is 0 Å². The van der Waals surface area contributed by atoms with E-state index in [1.165, 1.54) is 36.8 Å². The molecule has 21 heavy (non-hydrogen) atoms. The lowest BCUT2D eigenvalue weighted by Crippen LogP contribution is -2.27. The molecule has 2 unspecified atom stereocenters. The summed E-state index contributed by atoms with van der Waals surface area (Å²) in [6, 6.07) is 9.00. The maximum absolute atomic E-state index is 12.5. The van der Waals surface area contributed by atoms with Gasteiger partial charge in [0.05, 0.1) is 0 Å². The third kappa shape index (κ3) is 5.23. The number of rotatable bonds is 8. The molecule has 1 aromatic carbocycles. The van der Waals surface area contributed by atoms with Crippen LogP contribution in [0, 0.1) is 5.92 Å². The van der Waals surface area contributed by atoms with E-state index < -0.39 is 10.8 Å². The summed E-state index contributed by atoms with van der Waals surface area (Å²) < 4.78 is 12.5. The van der Waals surface area contributed by atoms with E-state index in [2.05, 4.69) is 43.4 Å². The second kappa shape index (κ2) is 8.70. The molecule has 118 valence electrons. The molecule has 0 spiro atoms. The second-order valence-corrected chi connectivity index (χ2v) is 7.68. The highest BCUT2D eigenvalue weighted by molar-refractivity contribution is 7.85. The normalized spacial score (nSPS) is 18.8. The van der Waals surface area contributed by atoms with E-state index in [-0.39, 0.29) is 6.04 Å². The summed E-state index contributed by atoms with van der Waals surface area (Å²) in [5.74, 6) is 2.35. The van der Waals surface area contributed by atoms with Gasteiger partial charge in [-0.3, -0.25) is 4.21 Å². The quantitative estimate of drug-likeness (QED) is 0.790. The van der Waals surface area contributed by atoms with Gasteiger partial charge in [-0.05, 0) is 42.9 Å². The topological polar surface area (TPSA) is 29.1 Å². The van der Waals surface area contributed by atoms with Crippen molar-refractivity contribution in [2.75, 3.05) is 18.1 Å². The highest BCUT2D eigenvalue weighted by Crippen LogP contribution is 2.26. The van der Waals surface area contributed by atoms with E-state index in [4.69, 9.17) is 0 Å². The zero-order chi connectivity index (χ0) is 15.1. The highest BCUT2D eigenvalue weighted by Gasteiger charge is 2.20. The molecule has 0 heterocycles. The lowest BCUT2D eigenvalue weighted by Gasteiger charge is -2.19. The molecule has 1 saturated carbocycles. The van der Waals surface area contributed by atoms with E-state index in [1.54, 1.807) is 0 Å². The molecule has 1 N–H and O–H groups in total. The van der Waals surface area contributed by atoms with Gasteiger partial charge < -0.3 is 5.32 Å². The van der Waals surface area contributed by atoms with Gasteiger partial charge in [-0.1, -0.05) is 51.0 Å². The Balaban J connectivity index is 1.94. The predicted octanol–water partition coefficient (Wildman–Crippen LogP) is 3.84. The lowest BCUT2D eigenvalue weighted by atomic mass is 10.0. The van der Waals surface area contributed by atoms with Crippen LogP contribution in [0.4, 0.5) is 0 Å². The summed E-state index contributed by atoms with van der Waals surface area (Å²) in [5.41, 5.74) is 2.63. The molecule has 0 saturated heterocycles. The first kappa shape index (κ1) is 16.7. The number of hydrogen-bond acceptors (Lipinski definition) is 2. The van der Waals surface area contributed by atoms with Crippen molar-refractivity contribution < 1.29 is 4.21 Å². The van der Waals surface area contributed by atoms with E-state index in [0.717, 1.165) is 24.5 Å². The Morgan fingerprint density at radius 2 is 1.86 bits per heavy atom. The van der Waals surface area contributed by atoms with Crippen LogP contribution in [0.2, 0.25) is 0 Å². The minimum Gasteiger partial charge on any atom is -0.309 e. The fourth-order valence-electron chi connectivity index (χ4n) is 3.20. The molecule has 0 aliphatic heterocycles. The number of nitrogens with one attached hydrogen (secondary N) is 1. The largest absolute Gasteiger partial charge is 0.309 e. The van der Waals surface area contributed by atoms with Crippen molar-refractivity contribution in [2.45, 2.75) is 52.0 Å². The minimum atomic E-state index is -0.712. The van der Waals surface area contributed by atoms with Gasteiger partial charge in [0.1, 0.15) is 0 Å². The van der Waals surface area contributed by atoms with Crippen molar-refractivity contribution in [1.29, 1.82) is 0 Å². The van der Waals surface area contributed by atoms with E-state index >= 15 is 0 Å². The Bertz CT molecular complexity index is 437. The van der Waals surface area contributed by atoms with Gasteiger partial charge in [-0.15, -0.1) is 0 Å². The third-order valence-electron chi connectivity index (χ3n) is 4.49. The average molecular weight is 308 g/mol. The third-order valence-corrected chi connectivity index (χ3v) is 6.04.